The number of hydrogen-bond donors (Lipinski definition) is 2. The van der Waals surface area contributed by atoms with Crippen LogP contribution >= 0.6 is 0 Å². The number of phenolic OH excluding ortho intramolecular Hbond substituents is 1. The highest BCUT2D eigenvalue weighted by atomic mass is 19.1. The lowest BCUT2D eigenvalue weighted by molar-refractivity contribution is 0.103. The smallest absolute Gasteiger partial charge is 0.267 e. The van der Waals surface area contributed by atoms with Gasteiger partial charge >= 0.3 is 0 Å². The molecule has 0 saturated carbocycles. The second-order valence-electron chi connectivity index (χ2n) is 5.88. The second kappa shape index (κ2) is 7.03. The number of halogens is 1. The van der Waals surface area contributed by atoms with Crippen LogP contribution in [0.4, 0.5) is 4.39 Å². The summed E-state index contributed by atoms with van der Waals surface area (Å²) in [6.07, 6.45) is -0.361. The number of carbonyl (C=O) groups excluding carboxylic acids is 1. The molecule has 26 heavy (non-hydrogen) atoms. The summed E-state index contributed by atoms with van der Waals surface area (Å²) in [5.74, 6) is -1.12. The number of ether oxygens (including phenoxy) is 2. The molecule has 0 amide bonds. The van der Waals surface area contributed by atoms with E-state index in [0.717, 1.165) is 0 Å². The summed E-state index contributed by atoms with van der Waals surface area (Å²) in [5, 5.41) is 22.6. The predicted molar refractivity (Wildman–Crippen MR) is 91.6 cm³/mol. The molecular weight excluding hydrogens is 341 g/mol. The minimum atomic E-state index is -0.660. The van der Waals surface area contributed by atoms with Crippen molar-refractivity contribution in [3.63, 3.8) is 0 Å². The molecule has 136 valence electrons. The van der Waals surface area contributed by atoms with Crippen molar-refractivity contribution < 1.29 is 29.0 Å². The van der Waals surface area contributed by atoms with Crippen LogP contribution in [-0.4, -0.2) is 34.7 Å². The molecule has 1 heterocycles. The van der Waals surface area contributed by atoms with Crippen molar-refractivity contribution in [1.29, 1.82) is 0 Å². The molecule has 0 bridgehead atoms. The normalized spacial score (nSPS) is 16.1. The lowest BCUT2D eigenvalue weighted by Crippen LogP contribution is -2.27. The number of phenols is 1. The summed E-state index contributed by atoms with van der Waals surface area (Å²) in [4.78, 5) is 12.7. The number of hydrogen-bond acceptors (Lipinski definition) is 6. The van der Waals surface area contributed by atoms with E-state index in [1.807, 2.05) is 0 Å². The van der Waals surface area contributed by atoms with Gasteiger partial charge in [-0.2, -0.15) is 0 Å². The Hall–Kier alpha value is -3.09. The standard InChI is InChI=1S/C19H18FNO5/c1-3-25-19(21-24)15-9-11-8-13(16(22)10(2)18(11)26-15)17(23)12-6-4-5-7-14(12)20/h4-8,15,22,24H,3,9H2,1-2H3. The van der Waals surface area contributed by atoms with E-state index < -0.39 is 17.7 Å². The maximum atomic E-state index is 13.9. The Balaban J connectivity index is 2.00. The Kier molecular flexibility index (Phi) is 4.79. The quantitative estimate of drug-likeness (QED) is 0.288. The first-order chi connectivity index (χ1) is 12.5. The zero-order chi connectivity index (χ0) is 18.8. The van der Waals surface area contributed by atoms with Crippen LogP contribution in [-0.2, 0) is 11.2 Å². The van der Waals surface area contributed by atoms with E-state index in [2.05, 4.69) is 5.16 Å². The average molecular weight is 359 g/mol. The molecule has 6 nitrogen and oxygen atoms in total. The molecule has 1 aliphatic heterocycles. The Morgan fingerprint density at radius 3 is 2.77 bits per heavy atom. The van der Waals surface area contributed by atoms with Crippen LogP contribution in [0.3, 0.4) is 0 Å². The molecule has 2 N–H and O–H groups in total. The van der Waals surface area contributed by atoms with Crippen LogP contribution in [0.15, 0.2) is 35.5 Å². The zero-order valence-corrected chi connectivity index (χ0v) is 14.3. The third-order valence-electron chi connectivity index (χ3n) is 4.26. The lowest BCUT2D eigenvalue weighted by atomic mass is 9.95. The topological polar surface area (TPSA) is 88.4 Å². The number of ketones is 1. The van der Waals surface area contributed by atoms with E-state index in [4.69, 9.17) is 14.7 Å². The van der Waals surface area contributed by atoms with Gasteiger partial charge in [-0.05, 0) is 37.6 Å². The van der Waals surface area contributed by atoms with Crippen molar-refractivity contribution in [3.05, 3.63) is 58.4 Å². The van der Waals surface area contributed by atoms with Crippen LogP contribution in [0.25, 0.3) is 0 Å². The van der Waals surface area contributed by atoms with Crippen LogP contribution in [0.2, 0.25) is 0 Å². The van der Waals surface area contributed by atoms with Gasteiger partial charge in [0.25, 0.3) is 5.90 Å². The number of aromatic hydroxyl groups is 1. The van der Waals surface area contributed by atoms with Gasteiger partial charge in [0.15, 0.2) is 11.9 Å². The van der Waals surface area contributed by atoms with Crippen molar-refractivity contribution >= 4 is 11.7 Å². The summed E-state index contributed by atoms with van der Waals surface area (Å²) in [6, 6.07) is 7.08. The van der Waals surface area contributed by atoms with Gasteiger partial charge in [0.1, 0.15) is 17.3 Å². The van der Waals surface area contributed by atoms with E-state index in [9.17, 15) is 14.3 Å². The van der Waals surface area contributed by atoms with Gasteiger partial charge in [0, 0.05) is 12.0 Å². The molecular formula is C19H18FNO5. The molecule has 2 aromatic rings. The number of carbonyl (C=O) groups is 1. The monoisotopic (exact) mass is 359 g/mol. The molecule has 3 rings (SSSR count). The summed E-state index contributed by atoms with van der Waals surface area (Å²) < 4.78 is 24.9. The fourth-order valence-electron chi connectivity index (χ4n) is 2.99. The third-order valence-corrected chi connectivity index (χ3v) is 4.26. The molecule has 0 aliphatic carbocycles. The van der Waals surface area contributed by atoms with Crippen molar-refractivity contribution in [1.82, 2.24) is 0 Å². The lowest BCUT2D eigenvalue weighted by Gasteiger charge is -2.14. The third kappa shape index (κ3) is 2.96. The molecule has 0 aromatic heterocycles. The van der Waals surface area contributed by atoms with Crippen molar-refractivity contribution in [2.24, 2.45) is 5.16 Å². The highest BCUT2D eigenvalue weighted by Gasteiger charge is 2.33. The Bertz CT molecular complexity index is 894. The van der Waals surface area contributed by atoms with Crippen LogP contribution in [0.1, 0.15) is 34.0 Å². The molecule has 0 spiro atoms. The molecule has 0 saturated heterocycles. The number of nitrogens with zero attached hydrogens (tertiary/aromatic N) is 1. The predicted octanol–water partition coefficient (Wildman–Crippen LogP) is 3.20. The molecule has 7 heteroatoms. The van der Waals surface area contributed by atoms with E-state index in [1.54, 1.807) is 19.9 Å². The minimum Gasteiger partial charge on any atom is -0.507 e. The largest absolute Gasteiger partial charge is 0.507 e. The Morgan fingerprint density at radius 1 is 1.38 bits per heavy atom. The SMILES string of the molecule is CCOC(=NO)C1Cc2cc(C(=O)c3ccccc3F)c(O)c(C)c2O1. The molecule has 2 aromatic carbocycles. The Morgan fingerprint density at radius 2 is 2.12 bits per heavy atom. The first-order valence-corrected chi connectivity index (χ1v) is 8.14. The van der Waals surface area contributed by atoms with Gasteiger partial charge < -0.3 is 19.8 Å². The number of oxime groups is 1. The van der Waals surface area contributed by atoms with Crippen LogP contribution < -0.4 is 4.74 Å². The van der Waals surface area contributed by atoms with Gasteiger partial charge in [-0.3, -0.25) is 4.79 Å². The molecule has 0 fully saturated rings. The number of rotatable bonds is 4. The van der Waals surface area contributed by atoms with Crippen LogP contribution in [0, 0.1) is 12.7 Å². The van der Waals surface area contributed by atoms with Crippen LogP contribution in [0.5, 0.6) is 11.5 Å². The van der Waals surface area contributed by atoms with Crippen molar-refractivity contribution in [3.8, 4) is 11.5 Å². The maximum Gasteiger partial charge on any atom is 0.267 e. The Labute approximate surface area is 149 Å². The van der Waals surface area contributed by atoms with Crippen molar-refractivity contribution in [2.75, 3.05) is 6.61 Å². The molecule has 1 unspecified atom stereocenters. The molecule has 0 radical (unpaired) electrons. The van der Waals surface area contributed by atoms with E-state index >= 15 is 0 Å². The molecule has 1 aliphatic rings. The summed E-state index contributed by atoms with van der Waals surface area (Å²) in [6.45, 7) is 3.65. The molecule has 1 atom stereocenters. The maximum absolute atomic E-state index is 13.9. The average Bonchev–Trinajstić information content (AvgIpc) is 3.06. The van der Waals surface area contributed by atoms with Gasteiger partial charge in [-0.15, -0.1) is 0 Å². The van der Waals surface area contributed by atoms with E-state index in [-0.39, 0.29) is 22.8 Å². The fourth-order valence-corrected chi connectivity index (χ4v) is 2.99. The summed E-state index contributed by atoms with van der Waals surface area (Å²) in [5.41, 5.74) is 0.878. The fraction of sp³-hybridized carbons (Fsp3) is 0.263. The number of fused-ring (bicyclic) bond motifs is 1. The summed E-state index contributed by atoms with van der Waals surface area (Å²) in [7, 11) is 0. The van der Waals surface area contributed by atoms with E-state index in [1.165, 1.54) is 24.3 Å². The van der Waals surface area contributed by atoms with Gasteiger partial charge in [-0.1, -0.05) is 17.3 Å². The minimum absolute atomic E-state index is 0.00510. The highest BCUT2D eigenvalue weighted by Crippen LogP contribution is 2.40. The number of benzene rings is 2. The van der Waals surface area contributed by atoms with E-state index in [0.29, 0.717) is 29.9 Å². The van der Waals surface area contributed by atoms with Gasteiger partial charge in [0.05, 0.1) is 17.7 Å². The summed E-state index contributed by atoms with van der Waals surface area (Å²) >= 11 is 0. The van der Waals surface area contributed by atoms with Gasteiger partial charge in [-0.25, -0.2) is 4.39 Å². The first-order valence-electron chi connectivity index (χ1n) is 8.14. The zero-order valence-electron chi connectivity index (χ0n) is 14.3. The van der Waals surface area contributed by atoms with Crippen molar-refractivity contribution in [2.45, 2.75) is 26.4 Å². The second-order valence-corrected chi connectivity index (χ2v) is 5.88. The first kappa shape index (κ1) is 17.7. The van der Waals surface area contributed by atoms with Gasteiger partial charge in [0.2, 0.25) is 0 Å². The highest BCUT2D eigenvalue weighted by molar-refractivity contribution is 6.11.